The predicted octanol–water partition coefficient (Wildman–Crippen LogP) is 2.93. The van der Waals surface area contributed by atoms with Crippen molar-refractivity contribution < 1.29 is 29.0 Å². The van der Waals surface area contributed by atoms with Crippen LogP contribution in [-0.2, 0) is 30.3 Å². The maximum atomic E-state index is 13.3. The van der Waals surface area contributed by atoms with Crippen LogP contribution in [0.15, 0.2) is 29.8 Å². The van der Waals surface area contributed by atoms with Crippen molar-refractivity contribution in [3.8, 4) is 5.75 Å². The smallest absolute Gasteiger partial charge is 0.328 e. The second-order valence-electron chi connectivity index (χ2n) is 10.0. The summed E-state index contributed by atoms with van der Waals surface area (Å²) in [7, 11) is 1.49. The van der Waals surface area contributed by atoms with Crippen molar-refractivity contribution in [2.24, 2.45) is 11.8 Å². The van der Waals surface area contributed by atoms with Gasteiger partial charge in [-0.25, -0.2) is 4.79 Å². The number of rotatable bonds is 2. The Hall–Kier alpha value is -2.63. The number of allylic oxidation sites excluding steroid dienone is 2. The minimum Gasteiger partial charge on any atom is -0.507 e. The third kappa shape index (κ3) is 9.32. The molecule has 10 heteroatoms. The number of esters is 1. The number of halogens is 1. The zero-order valence-electron chi connectivity index (χ0n) is 22.3. The maximum absolute atomic E-state index is 13.3. The van der Waals surface area contributed by atoms with Gasteiger partial charge in [-0.15, -0.1) is 0 Å². The second-order valence-corrected chi connectivity index (χ2v) is 11.2. The fourth-order valence-electron chi connectivity index (χ4n) is 4.38. The van der Waals surface area contributed by atoms with Gasteiger partial charge >= 0.3 is 5.97 Å². The van der Waals surface area contributed by atoms with E-state index in [2.05, 4.69) is 16.7 Å². The number of phenols is 1. The summed E-state index contributed by atoms with van der Waals surface area (Å²) in [5.41, 5.74) is 1.77. The molecule has 1 aromatic rings. The number of hydrogen-bond acceptors (Lipinski definition) is 6. The standard InChI is InChI=1S/C27H38IN3O6/c1-15-9-16(2)11-18(4)37-27(36)19(5)30-26(35)22(13-20-7-8-23(32)21(28)12-20)31(6)24(33)14-29-25(34)17(3)10-15/h7-9,12,16-19,22,32H,10-11,13-14H2,1-6H3,(H,29,34)(H,30,35)/b15-9-. The molecule has 3 N–H and O–H groups in total. The molecule has 0 saturated carbocycles. The third-order valence-corrected chi connectivity index (χ3v) is 7.26. The van der Waals surface area contributed by atoms with Crippen LogP contribution in [0.4, 0.5) is 0 Å². The first-order valence-electron chi connectivity index (χ1n) is 12.5. The van der Waals surface area contributed by atoms with Crippen LogP contribution in [0, 0.1) is 15.4 Å². The van der Waals surface area contributed by atoms with Gasteiger partial charge in [0.1, 0.15) is 17.8 Å². The number of aromatic hydroxyl groups is 1. The largest absolute Gasteiger partial charge is 0.507 e. The van der Waals surface area contributed by atoms with E-state index >= 15 is 0 Å². The molecule has 0 aromatic heterocycles. The van der Waals surface area contributed by atoms with E-state index in [-0.39, 0.29) is 42.6 Å². The molecule has 0 fully saturated rings. The van der Waals surface area contributed by atoms with Gasteiger partial charge in [0.05, 0.1) is 16.2 Å². The van der Waals surface area contributed by atoms with Gasteiger partial charge in [0.15, 0.2) is 0 Å². The van der Waals surface area contributed by atoms with Gasteiger partial charge in [-0.3, -0.25) is 14.4 Å². The van der Waals surface area contributed by atoms with Gasteiger partial charge in [0.25, 0.3) is 0 Å². The fourth-order valence-corrected chi connectivity index (χ4v) is 4.96. The molecule has 0 bridgehead atoms. The first-order valence-corrected chi connectivity index (χ1v) is 13.5. The molecule has 37 heavy (non-hydrogen) atoms. The summed E-state index contributed by atoms with van der Waals surface area (Å²) < 4.78 is 6.18. The van der Waals surface area contributed by atoms with Crippen LogP contribution in [0.2, 0.25) is 0 Å². The molecular weight excluding hydrogens is 589 g/mol. The summed E-state index contributed by atoms with van der Waals surface area (Å²) in [6.45, 7) is 8.88. The average Bonchev–Trinajstić information content (AvgIpc) is 2.81. The highest BCUT2D eigenvalue weighted by molar-refractivity contribution is 14.1. The molecular formula is C27H38IN3O6. The number of carbonyl (C=O) groups is 4. The summed E-state index contributed by atoms with van der Waals surface area (Å²) in [6, 6.07) is 3.05. The second kappa shape index (κ2) is 13.8. The summed E-state index contributed by atoms with van der Waals surface area (Å²) in [6.07, 6.45) is 2.98. The van der Waals surface area contributed by atoms with Crippen LogP contribution >= 0.6 is 22.6 Å². The van der Waals surface area contributed by atoms with E-state index in [0.717, 1.165) is 11.1 Å². The minimum absolute atomic E-state index is 0.115. The number of nitrogens with zero attached hydrogens (tertiary/aromatic N) is 1. The zero-order chi connectivity index (χ0) is 27.9. The molecule has 1 aromatic carbocycles. The van der Waals surface area contributed by atoms with Crippen LogP contribution < -0.4 is 10.6 Å². The number of likely N-dealkylation sites (N-methyl/N-ethyl adjacent to an activating group) is 1. The number of ether oxygens (including phenoxy) is 1. The van der Waals surface area contributed by atoms with Gasteiger partial charge in [0, 0.05) is 19.4 Å². The number of carbonyl (C=O) groups excluding carboxylic acids is 4. The highest BCUT2D eigenvalue weighted by Gasteiger charge is 2.31. The number of amides is 3. The molecule has 3 amide bonds. The lowest BCUT2D eigenvalue weighted by Crippen LogP contribution is -2.54. The molecule has 0 radical (unpaired) electrons. The van der Waals surface area contributed by atoms with E-state index in [1.807, 2.05) is 43.4 Å². The predicted molar refractivity (Wildman–Crippen MR) is 149 cm³/mol. The lowest BCUT2D eigenvalue weighted by atomic mass is 9.96. The molecule has 5 unspecified atom stereocenters. The molecule has 0 saturated heterocycles. The van der Waals surface area contributed by atoms with Crippen LogP contribution in [0.1, 0.15) is 53.0 Å². The lowest BCUT2D eigenvalue weighted by Gasteiger charge is -2.29. The Morgan fingerprint density at radius 1 is 1.11 bits per heavy atom. The summed E-state index contributed by atoms with van der Waals surface area (Å²) in [5, 5.41) is 15.2. The summed E-state index contributed by atoms with van der Waals surface area (Å²) in [5.74, 6) is -1.87. The van der Waals surface area contributed by atoms with Crippen LogP contribution in [0.25, 0.3) is 0 Å². The lowest BCUT2D eigenvalue weighted by molar-refractivity contribution is -0.153. The number of benzene rings is 1. The van der Waals surface area contributed by atoms with Crippen molar-refractivity contribution in [1.82, 2.24) is 15.5 Å². The topological polar surface area (TPSA) is 125 Å². The maximum Gasteiger partial charge on any atom is 0.328 e. The molecule has 1 heterocycles. The third-order valence-electron chi connectivity index (χ3n) is 6.40. The van der Waals surface area contributed by atoms with Crippen LogP contribution in [-0.4, -0.2) is 65.5 Å². The quantitative estimate of drug-likeness (QED) is 0.263. The summed E-state index contributed by atoms with van der Waals surface area (Å²) in [4.78, 5) is 52.9. The van der Waals surface area contributed by atoms with Crippen LogP contribution in [0.5, 0.6) is 5.75 Å². The molecule has 2 rings (SSSR count). The Labute approximate surface area is 232 Å². The van der Waals surface area contributed by atoms with E-state index in [0.29, 0.717) is 16.4 Å². The Morgan fingerprint density at radius 2 is 1.78 bits per heavy atom. The highest BCUT2D eigenvalue weighted by Crippen LogP contribution is 2.22. The Kier molecular flexibility index (Phi) is 11.4. The zero-order valence-corrected chi connectivity index (χ0v) is 24.5. The van der Waals surface area contributed by atoms with Crippen molar-refractivity contribution in [3.05, 3.63) is 39.0 Å². The van der Waals surface area contributed by atoms with Gasteiger partial charge in [-0.2, -0.15) is 0 Å². The Morgan fingerprint density at radius 3 is 2.43 bits per heavy atom. The minimum atomic E-state index is -0.959. The SMILES string of the molecule is C/C1=C/C(C)CC(C)OC(=O)C(C)NC(=O)C(Cc2ccc(O)c(I)c2)N(C)C(=O)CNC(=O)C(C)C1. The van der Waals surface area contributed by atoms with E-state index in [4.69, 9.17) is 4.74 Å². The van der Waals surface area contributed by atoms with Gasteiger partial charge in [-0.05, 0) is 79.8 Å². The normalized spacial score (nSPS) is 28.8. The number of nitrogens with one attached hydrogen (secondary N) is 2. The molecule has 1 aliphatic heterocycles. The fraction of sp³-hybridized carbons (Fsp3) is 0.556. The highest BCUT2D eigenvalue weighted by atomic mass is 127. The average molecular weight is 628 g/mol. The molecule has 1 aliphatic rings. The number of phenolic OH excluding ortho intramolecular Hbond substituents is 1. The molecule has 204 valence electrons. The molecule has 0 aliphatic carbocycles. The molecule has 9 nitrogen and oxygen atoms in total. The van der Waals surface area contributed by atoms with E-state index in [1.165, 1.54) is 18.0 Å². The van der Waals surface area contributed by atoms with Gasteiger partial charge < -0.3 is 25.4 Å². The molecule has 0 spiro atoms. The monoisotopic (exact) mass is 627 g/mol. The van der Waals surface area contributed by atoms with E-state index in [9.17, 15) is 24.3 Å². The van der Waals surface area contributed by atoms with Crippen LogP contribution in [0.3, 0.4) is 0 Å². The molecule has 5 atom stereocenters. The van der Waals surface area contributed by atoms with Gasteiger partial charge in [-0.1, -0.05) is 31.6 Å². The van der Waals surface area contributed by atoms with Crippen molar-refractivity contribution in [3.63, 3.8) is 0 Å². The summed E-state index contributed by atoms with van der Waals surface area (Å²) >= 11 is 1.99. The first kappa shape index (κ1) is 30.6. The van der Waals surface area contributed by atoms with Crippen molar-refractivity contribution in [1.29, 1.82) is 0 Å². The van der Waals surface area contributed by atoms with Crippen molar-refractivity contribution in [2.45, 2.75) is 72.1 Å². The Bertz CT molecular complexity index is 1040. The first-order chi connectivity index (χ1) is 17.3. The van der Waals surface area contributed by atoms with Crippen molar-refractivity contribution >= 4 is 46.3 Å². The van der Waals surface area contributed by atoms with Crippen molar-refractivity contribution in [2.75, 3.05) is 13.6 Å². The van der Waals surface area contributed by atoms with Gasteiger partial charge in [0.2, 0.25) is 17.7 Å². The van der Waals surface area contributed by atoms with E-state index < -0.39 is 29.9 Å². The number of hydrogen-bond donors (Lipinski definition) is 3. The van der Waals surface area contributed by atoms with E-state index in [1.54, 1.807) is 26.0 Å². The number of cyclic esters (lactones) is 1. The Balaban J connectivity index is 2.34.